The fraction of sp³-hybridized carbons (Fsp3) is 0.294. The second-order valence-electron chi connectivity index (χ2n) is 5.05. The Morgan fingerprint density at radius 1 is 1.10 bits per heavy atom. The van der Waals surface area contributed by atoms with Gasteiger partial charge >= 0.3 is 0 Å². The minimum Gasteiger partial charge on any atom is -0.310 e. The Hall–Kier alpha value is -1.26. The average Bonchev–Trinajstić information content (AvgIpc) is 2.41. The number of hydrogen-bond acceptors (Lipinski definition) is 1. The highest BCUT2D eigenvalue weighted by Gasteiger charge is 2.16. The highest BCUT2D eigenvalue weighted by atomic mass is 79.9. The van der Waals surface area contributed by atoms with Gasteiger partial charge in [0.05, 0.1) is 0 Å². The summed E-state index contributed by atoms with van der Waals surface area (Å²) in [5, 5.41) is 3.40. The molecular weight excluding hydrogens is 336 g/mol. The Morgan fingerprint density at radius 3 is 2.38 bits per heavy atom. The van der Waals surface area contributed by atoms with Crippen LogP contribution in [0.1, 0.15) is 29.7 Å². The van der Waals surface area contributed by atoms with Crippen LogP contribution in [0.3, 0.4) is 0 Å². The molecule has 0 spiro atoms. The molecule has 0 heterocycles. The smallest absolute Gasteiger partial charge is 0.124 e. The van der Waals surface area contributed by atoms with E-state index in [0.29, 0.717) is 0 Å². The van der Waals surface area contributed by atoms with E-state index in [-0.39, 0.29) is 17.7 Å². The first-order chi connectivity index (χ1) is 10.0. The van der Waals surface area contributed by atoms with Gasteiger partial charge in [-0.05, 0) is 60.8 Å². The van der Waals surface area contributed by atoms with Crippen molar-refractivity contribution in [3.8, 4) is 0 Å². The summed E-state index contributed by atoms with van der Waals surface area (Å²) in [6.45, 7) is 4.73. The summed E-state index contributed by atoms with van der Waals surface area (Å²) < 4.78 is 27.2. The second kappa shape index (κ2) is 7.14. The maximum Gasteiger partial charge on any atom is 0.124 e. The lowest BCUT2D eigenvalue weighted by atomic mass is 9.96. The van der Waals surface area contributed by atoms with Gasteiger partial charge in [-0.2, -0.15) is 0 Å². The van der Waals surface area contributed by atoms with Crippen molar-refractivity contribution in [2.24, 2.45) is 0 Å². The van der Waals surface area contributed by atoms with Crippen LogP contribution in [0.4, 0.5) is 8.78 Å². The van der Waals surface area contributed by atoms with Gasteiger partial charge < -0.3 is 5.32 Å². The van der Waals surface area contributed by atoms with E-state index < -0.39 is 0 Å². The minimum absolute atomic E-state index is 0.0501. The Kier molecular flexibility index (Phi) is 5.48. The Morgan fingerprint density at radius 2 is 1.76 bits per heavy atom. The topological polar surface area (TPSA) is 12.0 Å². The molecule has 0 saturated heterocycles. The van der Waals surface area contributed by atoms with Crippen LogP contribution in [0.2, 0.25) is 0 Å². The zero-order valence-corrected chi connectivity index (χ0v) is 13.7. The number of nitrogens with one attached hydrogen (secondary N) is 1. The highest BCUT2D eigenvalue weighted by molar-refractivity contribution is 9.10. The zero-order chi connectivity index (χ0) is 15.4. The molecular formula is C17H18BrF2N. The first kappa shape index (κ1) is 16.1. The Bertz CT molecular complexity index is 628. The summed E-state index contributed by atoms with van der Waals surface area (Å²) in [7, 11) is 0. The van der Waals surface area contributed by atoms with Crippen LogP contribution in [-0.2, 0) is 6.42 Å². The number of rotatable bonds is 5. The molecule has 2 rings (SSSR count). The third-order valence-electron chi connectivity index (χ3n) is 3.52. The van der Waals surface area contributed by atoms with Gasteiger partial charge in [0.2, 0.25) is 0 Å². The highest BCUT2D eigenvalue weighted by Crippen LogP contribution is 2.28. The average molecular weight is 354 g/mol. The van der Waals surface area contributed by atoms with Gasteiger partial charge in [-0.15, -0.1) is 0 Å². The first-order valence-corrected chi connectivity index (χ1v) is 7.74. The van der Waals surface area contributed by atoms with E-state index in [1.807, 2.05) is 19.9 Å². The summed E-state index contributed by atoms with van der Waals surface area (Å²) in [6, 6.07) is 9.59. The maximum atomic E-state index is 13.2. The number of halogens is 3. The fourth-order valence-electron chi connectivity index (χ4n) is 2.43. The Labute approximate surface area is 132 Å². The van der Waals surface area contributed by atoms with Crippen LogP contribution >= 0.6 is 15.9 Å². The number of aryl methyl sites for hydroxylation is 1. The van der Waals surface area contributed by atoms with Gasteiger partial charge in [-0.1, -0.05) is 35.0 Å². The molecule has 0 amide bonds. The van der Waals surface area contributed by atoms with E-state index in [1.165, 1.54) is 24.3 Å². The second-order valence-corrected chi connectivity index (χ2v) is 5.91. The quantitative estimate of drug-likeness (QED) is 0.803. The standard InChI is InChI=1S/C17H18BrF2N/c1-3-21-17(15-7-6-14(20)10-16(15)18)9-12-4-5-13(19)8-11(12)2/h4-8,10,17,21H,3,9H2,1-2H3. The molecule has 2 aromatic carbocycles. The van der Waals surface area contributed by atoms with Crippen molar-refractivity contribution in [3.05, 3.63) is 69.2 Å². The van der Waals surface area contributed by atoms with Crippen molar-refractivity contribution in [1.29, 1.82) is 0 Å². The lowest BCUT2D eigenvalue weighted by Gasteiger charge is -2.21. The molecule has 0 aromatic heterocycles. The van der Waals surface area contributed by atoms with Crippen molar-refractivity contribution in [1.82, 2.24) is 5.32 Å². The monoisotopic (exact) mass is 353 g/mol. The SMILES string of the molecule is CCNC(Cc1ccc(F)cc1C)c1ccc(F)cc1Br. The molecule has 1 N–H and O–H groups in total. The van der Waals surface area contributed by atoms with E-state index in [1.54, 1.807) is 6.07 Å². The summed E-state index contributed by atoms with van der Waals surface area (Å²) >= 11 is 3.42. The van der Waals surface area contributed by atoms with Gasteiger partial charge in [0.25, 0.3) is 0 Å². The summed E-state index contributed by atoms with van der Waals surface area (Å²) in [5.74, 6) is -0.488. The summed E-state index contributed by atoms with van der Waals surface area (Å²) in [6.07, 6.45) is 0.726. The molecule has 0 aliphatic heterocycles. The van der Waals surface area contributed by atoms with Crippen molar-refractivity contribution < 1.29 is 8.78 Å². The summed E-state index contributed by atoms with van der Waals surface area (Å²) in [4.78, 5) is 0. The number of hydrogen-bond donors (Lipinski definition) is 1. The Balaban J connectivity index is 2.30. The van der Waals surface area contributed by atoms with Gasteiger partial charge in [-0.3, -0.25) is 0 Å². The van der Waals surface area contributed by atoms with Crippen LogP contribution in [-0.4, -0.2) is 6.54 Å². The van der Waals surface area contributed by atoms with Gasteiger partial charge in [0, 0.05) is 10.5 Å². The predicted octanol–water partition coefficient (Wildman–Crippen LogP) is 4.93. The third-order valence-corrected chi connectivity index (χ3v) is 4.20. The third kappa shape index (κ3) is 4.11. The lowest BCUT2D eigenvalue weighted by Crippen LogP contribution is -2.23. The summed E-state index contributed by atoms with van der Waals surface area (Å²) in [5.41, 5.74) is 3.01. The van der Waals surface area contributed by atoms with E-state index in [0.717, 1.165) is 34.1 Å². The van der Waals surface area contributed by atoms with Crippen molar-refractivity contribution in [3.63, 3.8) is 0 Å². The van der Waals surface area contributed by atoms with Crippen LogP contribution in [0.15, 0.2) is 40.9 Å². The van der Waals surface area contributed by atoms with Gasteiger partial charge in [-0.25, -0.2) is 8.78 Å². The molecule has 1 nitrogen and oxygen atoms in total. The minimum atomic E-state index is -0.265. The molecule has 1 atom stereocenters. The van der Waals surface area contributed by atoms with Crippen LogP contribution in [0, 0.1) is 18.6 Å². The first-order valence-electron chi connectivity index (χ1n) is 6.94. The van der Waals surface area contributed by atoms with E-state index >= 15 is 0 Å². The van der Waals surface area contributed by atoms with Crippen molar-refractivity contribution in [2.45, 2.75) is 26.3 Å². The number of likely N-dealkylation sites (N-methyl/N-ethyl adjacent to an activating group) is 1. The maximum absolute atomic E-state index is 13.2. The largest absolute Gasteiger partial charge is 0.310 e. The normalized spacial score (nSPS) is 12.4. The molecule has 0 bridgehead atoms. The van der Waals surface area contributed by atoms with Crippen LogP contribution < -0.4 is 5.32 Å². The van der Waals surface area contributed by atoms with E-state index in [2.05, 4.69) is 21.2 Å². The van der Waals surface area contributed by atoms with Crippen LogP contribution in [0.25, 0.3) is 0 Å². The molecule has 0 fully saturated rings. The zero-order valence-electron chi connectivity index (χ0n) is 12.1. The molecule has 0 aliphatic carbocycles. The van der Waals surface area contributed by atoms with Gasteiger partial charge in [0.1, 0.15) is 11.6 Å². The molecule has 112 valence electrons. The fourth-order valence-corrected chi connectivity index (χ4v) is 3.06. The molecule has 0 aliphatic rings. The van der Waals surface area contributed by atoms with Crippen molar-refractivity contribution in [2.75, 3.05) is 6.54 Å². The number of benzene rings is 2. The predicted molar refractivity (Wildman–Crippen MR) is 85.4 cm³/mol. The van der Waals surface area contributed by atoms with E-state index in [9.17, 15) is 8.78 Å². The van der Waals surface area contributed by atoms with Gasteiger partial charge in [0.15, 0.2) is 0 Å². The molecule has 0 saturated carbocycles. The van der Waals surface area contributed by atoms with E-state index in [4.69, 9.17) is 0 Å². The molecule has 2 aromatic rings. The molecule has 0 radical (unpaired) electrons. The molecule has 1 unspecified atom stereocenters. The molecule has 4 heteroatoms. The van der Waals surface area contributed by atoms with Crippen molar-refractivity contribution >= 4 is 15.9 Å². The molecule has 21 heavy (non-hydrogen) atoms. The van der Waals surface area contributed by atoms with Crippen LogP contribution in [0.5, 0.6) is 0 Å². The lowest BCUT2D eigenvalue weighted by molar-refractivity contribution is 0.543.